The predicted octanol–water partition coefficient (Wildman–Crippen LogP) is 3.89. The highest BCUT2D eigenvalue weighted by Gasteiger charge is 2.18. The minimum atomic E-state index is -0.0141. The second kappa shape index (κ2) is 5.35. The van der Waals surface area contributed by atoms with Crippen molar-refractivity contribution in [2.45, 2.75) is 12.5 Å². The molecule has 0 saturated heterocycles. The summed E-state index contributed by atoms with van der Waals surface area (Å²) in [5.74, 6) is 5.69. The fourth-order valence-corrected chi connectivity index (χ4v) is 3.34. The van der Waals surface area contributed by atoms with E-state index in [1.165, 1.54) is 0 Å². The number of nitrogens with one attached hydrogen (secondary N) is 1. The number of hydrogen-bond acceptors (Lipinski definition) is 4. The van der Waals surface area contributed by atoms with Crippen LogP contribution in [0.25, 0.3) is 11.0 Å². The summed E-state index contributed by atoms with van der Waals surface area (Å²) in [6.07, 6.45) is 2.51. The summed E-state index contributed by atoms with van der Waals surface area (Å²) < 4.78 is 5.56. The molecule has 0 saturated carbocycles. The van der Waals surface area contributed by atoms with Crippen LogP contribution in [0.2, 0.25) is 5.02 Å². The molecule has 19 heavy (non-hydrogen) atoms. The number of furan rings is 1. The van der Waals surface area contributed by atoms with E-state index in [1.807, 2.05) is 35.7 Å². The van der Waals surface area contributed by atoms with Crippen molar-refractivity contribution in [3.63, 3.8) is 0 Å². The van der Waals surface area contributed by atoms with Crippen molar-refractivity contribution in [1.29, 1.82) is 0 Å². The van der Waals surface area contributed by atoms with Crippen molar-refractivity contribution in [3.05, 3.63) is 57.4 Å². The van der Waals surface area contributed by atoms with Crippen molar-refractivity contribution in [2.24, 2.45) is 5.84 Å². The van der Waals surface area contributed by atoms with Crippen LogP contribution in [0.3, 0.4) is 0 Å². The summed E-state index contributed by atoms with van der Waals surface area (Å²) in [5.41, 5.74) is 4.78. The first-order valence-corrected chi connectivity index (χ1v) is 7.19. The fraction of sp³-hybridized carbons (Fsp3) is 0.143. The van der Waals surface area contributed by atoms with Crippen molar-refractivity contribution in [1.82, 2.24) is 5.43 Å². The van der Waals surface area contributed by atoms with Gasteiger partial charge in [-0.05, 0) is 17.5 Å². The average molecular weight is 293 g/mol. The lowest BCUT2D eigenvalue weighted by molar-refractivity contribution is 0.539. The Kier molecular flexibility index (Phi) is 3.57. The Bertz CT molecular complexity index is 691. The monoisotopic (exact) mass is 292 g/mol. The number of halogens is 1. The molecule has 3 nitrogen and oxygen atoms in total. The maximum atomic E-state index is 6.14. The quantitative estimate of drug-likeness (QED) is 0.566. The van der Waals surface area contributed by atoms with E-state index in [4.69, 9.17) is 21.9 Å². The lowest BCUT2D eigenvalue weighted by atomic mass is 10.0. The molecule has 0 aliphatic carbocycles. The van der Waals surface area contributed by atoms with E-state index >= 15 is 0 Å². The maximum absolute atomic E-state index is 6.14. The summed E-state index contributed by atoms with van der Waals surface area (Å²) >= 11 is 7.78. The standard InChI is InChI=1S/C14H13ClN2OS/c15-11-5-6-19-14(11)7-12(17-16)10-8-18-13-4-2-1-3-9(10)13/h1-6,8,12,17H,7,16H2. The molecular weight excluding hydrogens is 280 g/mol. The Labute approximate surface area is 119 Å². The Hall–Kier alpha value is -1.33. The highest BCUT2D eigenvalue weighted by atomic mass is 35.5. The first kappa shape index (κ1) is 12.7. The molecule has 0 amide bonds. The Balaban J connectivity index is 1.96. The number of fused-ring (bicyclic) bond motifs is 1. The van der Waals surface area contributed by atoms with Gasteiger partial charge in [-0.3, -0.25) is 11.3 Å². The van der Waals surface area contributed by atoms with Crippen molar-refractivity contribution in [3.8, 4) is 0 Å². The number of thiophene rings is 1. The third-order valence-electron chi connectivity index (χ3n) is 3.17. The number of benzene rings is 1. The second-order valence-electron chi connectivity index (χ2n) is 4.30. The maximum Gasteiger partial charge on any atom is 0.134 e. The molecule has 0 aliphatic rings. The van der Waals surface area contributed by atoms with Gasteiger partial charge in [0.05, 0.1) is 17.3 Å². The van der Waals surface area contributed by atoms with Gasteiger partial charge in [-0.25, -0.2) is 0 Å². The minimum absolute atomic E-state index is 0.0141. The molecule has 0 aliphatic heterocycles. The number of nitrogens with two attached hydrogens (primary N) is 1. The van der Waals surface area contributed by atoms with Crippen LogP contribution in [-0.4, -0.2) is 0 Å². The molecule has 3 N–H and O–H groups in total. The zero-order valence-corrected chi connectivity index (χ0v) is 11.7. The van der Waals surface area contributed by atoms with Crippen LogP contribution >= 0.6 is 22.9 Å². The molecule has 98 valence electrons. The SMILES string of the molecule is NNC(Cc1sccc1Cl)c1coc2ccccc12. The molecule has 0 bridgehead atoms. The van der Waals surface area contributed by atoms with Crippen LogP contribution in [-0.2, 0) is 6.42 Å². The van der Waals surface area contributed by atoms with E-state index in [2.05, 4.69) is 5.43 Å². The van der Waals surface area contributed by atoms with Gasteiger partial charge < -0.3 is 4.42 Å². The molecule has 3 rings (SSSR count). The van der Waals surface area contributed by atoms with E-state index < -0.39 is 0 Å². The van der Waals surface area contributed by atoms with Gasteiger partial charge in [0.2, 0.25) is 0 Å². The largest absolute Gasteiger partial charge is 0.464 e. The summed E-state index contributed by atoms with van der Waals surface area (Å²) in [6.45, 7) is 0. The molecule has 2 aromatic heterocycles. The number of rotatable bonds is 4. The average Bonchev–Trinajstić information content (AvgIpc) is 3.03. The van der Waals surface area contributed by atoms with Gasteiger partial charge >= 0.3 is 0 Å². The van der Waals surface area contributed by atoms with Gasteiger partial charge in [-0.2, -0.15) is 0 Å². The summed E-state index contributed by atoms with van der Waals surface area (Å²) in [6, 6.07) is 9.82. The molecule has 1 aromatic carbocycles. The van der Waals surface area contributed by atoms with Gasteiger partial charge in [0, 0.05) is 22.2 Å². The normalized spacial score (nSPS) is 12.9. The van der Waals surface area contributed by atoms with Crippen LogP contribution in [0.15, 0.2) is 46.4 Å². The lowest BCUT2D eigenvalue weighted by Crippen LogP contribution is -2.29. The highest BCUT2D eigenvalue weighted by Crippen LogP contribution is 2.31. The zero-order chi connectivity index (χ0) is 13.2. The van der Waals surface area contributed by atoms with Gasteiger partial charge in [0.1, 0.15) is 5.58 Å². The number of para-hydroxylation sites is 1. The smallest absolute Gasteiger partial charge is 0.134 e. The summed E-state index contributed by atoms with van der Waals surface area (Å²) in [4.78, 5) is 1.12. The molecule has 1 atom stereocenters. The molecular formula is C14H13ClN2OS. The summed E-state index contributed by atoms with van der Waals surface area (Å²) in [7, 11) is 0. The number of hydrazine groups is 1. The van der Waals surface area contributed by atoms with Crippen molar-refractivity contribution < 1.29 is 4.42 Å². The second-order valence-corrected chi connectivity index (χ2v) is 5.71. The molecule has 0 radical (unpaired) electrons. The molecule has 0 fully saturated rings. The van der Waals surface area contributed by atoms with Crippen LogP contribution < -0.4 is 11.3 Å². The molecule has 0 spiro atoms. The third kappa shape index (κ3) is 2.40. The van der Waals surface area contributed by atoms with Crippen LogP contribution in [0.4, 0.5) is 0 Å². The molecule has 1 unspecified atom stereocenters. The van der Waals surface area contributed by atoms with E-state index in [0.29, 0.717) is 0 Å². The van der Waals surface area contributed by atoms with E-state index in [9.17, 15) is 0 Å². The van der Waals surface area contributed by atoms with Crippen LogP contribution in [0.1, 0.15) is 16.5 Å². The van der Waals surface area contributed by atoms with Gasteiger partial charge in [0.25, 0.3) is 0 Å². The zero-order valence-electron chi connectivity index (χ0n) is 10.1. The summed E-state index contributed by atoms with van der Waals surface area (Å²) in [5, 5.41) is 3.86. The third-order valence-corrected chi connectivity index (χ3v) is 4.58. The van der Waals surface area contributed by atoms with Gasteiger partial charge in [0.15, 0.2) is 0 Å². The molecule has 2 heterocycles. The first-order chi connectivity index (χ1) is 9.29. The van der Waals surface area contributed by atoms with Crippen molar-refractivity contribution >= 4 is 33.9 Å². The van der Waals surface area contributed by atoms with E-state index in [1.54, 1.807) is 17.6 Å². The lowest BCUT2D eigenvalue weighted by Gasteiger charge is -2.14. The molecule has 3 aromatic rings. The van der Waals surface area contributed by atoms with Gasteiger partial charge in [-0.1, -0.05) is 29.8 Å². The van der Waals surface area contributed by atoms with Crippen molar-refractivity contribution in [2.75, 3.05) is 0 Å². The van der Waals surface area contributed by atoms with Crippen LogP contribution in [0.5, 0.6) is 0 Å². The topological polar surface area (TPSA) is 51.2 Å². The Morgan fingerprint density at radius 1 is 1.32 bits per heavy atom. The Morgan fingerprint density at radius 2 is 2.16 bits per heavy atom. The Morgan fingerprint density at radius 3 is 2.89 bits per heavy atom. The van der Waals surface area contributed by atoms with E-state index in [-0.39, 0.29) is 6.04 Å². The van der Waals surface area contributed by atoms with Gasteiger partial charge in [-0.15, -0.1) is 11.3 Å². The first-order valence-electron chi connectivity index (χ1n) is 5.93. The highest BCUT2D eigenvalue weighted by molar-refractivity contribution is 7.10. The van der Waals surface area contributed by atoms with Crippen LogP contribution in [0, 0.1) is 0 Å². The fourth-order valence-electron chi connectivity index (χ4n) is 2.18. The van der Waals surface area contributed by atoms with E-state index in [0.717, 1.165) is 32.9 Å². The molecule has 5 heteroatoms. The number of hydrogen-bond donors (Lipinski definition) is 2. The predicted molar refractivity (Wildman–Crippen MR) is 79.3 cm³/mol. The minimum Gasteiger partial charge on any atom is -0.464 e.